The van der Waals surface area contributed by atoms with Gasteiger partial charge in [-0.25, -0.2) is 0 Å². The Kier molecular flexibility index (Phi) is 5.87. The standard InChI is InChI=1S/C25H30N2O2/c1-28-17-25(13-6-7-14-25)24-21(16-26)23(18-9-8-10-19(15-18)29-2)20-11-4-3-5-12-22(20)27-24/h8-10,15H,3-7,11-14,17H2,1-2H3. The molecule has 29 heavy (non-hydrogen) atoms. The van der Waals surface area contributed by atoms with Crippen molar-refractivity contribution in [3.05, 3.63) is 46.8 Å². The second-order valence-electron chi connectivity index (χ2n) is 8.46. The Bertz CT molecular complexity index is 923. The minimum atomic E-state index is -0.144. The first kappa shape index (κ1) is 19.9. The first-order valence-electron chi connectivity index (χ1n) is 10.8. The van der Waals surface area contributed by atoms with Crippen LogP contribution in [-0.4, -0.2) is 25.8 Å². The van der Waals surface area contributed by atoms with Crippen molar-refractivity contribution in [1.82, 2.24) is 4.98 Å². The van der Waals surface area contributed by atoms with Gasteiger partial charge in [0.25, 0.3) is 0 Å². The highest BCUT2D eigenvalue weighted by Gasteiger charge is 2.40. The van der Waals surface area contributed by atoms with Crippen molar-refractivity contribution in [1.29, 1.82) is 5.26 Å². The molecule has 0 unspecified atom stereocenters. The summed E-state index contributed by atoms with van der Waals surface area (Å²) in [6.45, 7) is 0.630. The molecule has 1 aromatic heterocycles. The molecule has 4 rings (SSSR count). The summed E-state index contributed by atoms with van der Waals surface area (Å²) in [5.74, 6) is 0.819. The van der Waals surface area contributed by atoms with Crippen molar-refractivity contribution in [2.24, 2.45) is 0 Å². The van der Waals surface area contributed by atoms with Gasteiger partial charge in [-0.1, -0.05) is 31.4 Å². The molecule has 0 saturated heterocycles. The largest absolute Gasteiger partial charge is 0.497 e. The molecule has 4 heteroatoms. The Hall–Kier alpha value is -2.38. The molecule has 1 aromatic carbocycles. The molecule has 1 heterocycles. The number of hydrogen-bond donors (Lipinski definition) is 0. The van der Waals surface area contributed by atoms with Crippen molar-refractivity contribution < 1.29 is 9.47 Å². The van der Waals surface area contributed by atoms with Gasteiger partial charge in [0.05, 0.1) is 25.0 Å². The van der Waals surface area contributed by atoms with Gasteiger partial charge in [0.2, 0.25) is 0 Å². The maximum atomic E-state index is 10.3. The Labute approximate surface area is 173 Å². The van der Waals surface area contributed by atoms with Crippen molar-refractivity contribution in [2.45, 2.75) is 63.2 Å². The van der Waals surface area contributed by atoms with E-state index in [9.17, 15) is 5.26 Å². The summed E-state index contributed by atoms with van der Waals surface area (Å²) >= 11 is 0. The number of benzene rings is 1. The Morgan fingerprint density at radius 3 is 2.59 bits per heavy atom. The average Bonchev–Trinajstić information content (AvgIpc) is 3.10. The molecule has 0 atom stereocenters. The van der Waals surface area contributed by atoms with Gasteiger partial charge in [0, 0.05) is 23.8 Å². The molecule has 2 aromatic rings. The summed E-state index contributed by atoms with van der Waals surface area (Å²) in [7, 11) is 3.45. The number of ether oxygens (including phenoxy) is 2. The Morgan fingerprint density at radius 2 is 1.86 bits per heavy atom. The third-order valence-electron chi connectivity index (χ3n) is 6.68. The van der Waals surface area contributed by atoms with Crippen molar-refractivity contribution in [3.63, 3.8) is 0 Å². The summed E-state index contributed by atoms with van der Waals surface area (Å²) in [5.41, 5.74) is 6.17. The first-order chi connectivity index (χ1) is 14.2. The molecule has 2 aliphatic carbocycles. The molecule has 0 spiro atoms. The number of fused-ring (bicyclic) bond motifs is 1. The van der Waals surface area contributed by atoms with Crippen LogP contribution in [0.2, 0.25) is 0 Å². The number of aromatic nitrogens is 1. The van der Waals surface area contributed by atoms with Crippen LogP contribution < -0.4 is 4.74 Å². The molecule has 0 amide bonds. The van der Waals surface area contributed by atoms with E-state index in [2.05, 4.69) is 18.2 Å². The maximum absolute atomic E-state index is 10.3. The molecule has 0 aliphatic heterocycles. The second kappa shape index (κ2) is 8.55. The minimum Gasteiger partial charge on any atom is -0.497 e. The molecule has 0 radical (unpaired) electrons. The van der Waals surface area contributed by atoms with E-state index >= 15 is 0 Å². The zero-order valence-electron chi connectivity index (χ0n) is 17.6. The van der Waals surface area contributed by atoms with Crippen LogP contribution >= 0.6 is 0 Å². The number of nitriles is 1. The number of hydrogen-bond acceptors (Lipinski definition) is 4. The van der Waals surface area contributed by atoms with Gasteiger partial charge in [0.15, 0.2) is 0 Å². The van der Waals surface area contributed by atoms with E-state index in [1.54, 1.807) is 14.2 Å². The Balaban J connectivity index is 2.01. The highest BCUT2D eigenvalue weighted by molar-refractivity contribution is 5.77. The molecular weight excluding hydrogens is 360 g/mol. The smallest absolute Gasteiger partial charge is 0.119 e. The van der Waals surface area contributed by atoms with Crippen LogP contribution in [0, 0.1) is 11.3 Å². The van der Waals surface area contributed by atoms with Crippen LogP contribution in [0.1, 0.15) is 67.5 Å². The zero-order chi connectivity index (χ0) is 20.3. The zero-order valence-corrected chi connectivity index (χ0v) is 17.6. The normalized spacial score (nSPS) is 18.0. The van der Waals surface area contributed by atoms with E-state index in [0.717, 1.165) is 60.2 Å². The predicted molar refractivity (Wildman–Crippen MR) is 114 cm³/mol. The van der Waals surface area contributed by atoms with Gasteiger partial charge in [-0.3, -0.25) is 4.98 Å². The molecular formula is C25H30N2O2. The van der Waals surface area contributed by atoms with Crippen molar-refractivity contribution in [2.75, 3.05) is 20.8 Å². The highest BCUT2D eigenvalue weighted by atomic mass is 16.5. The first-order valence-corrected chi connectivity index (χ1v) is 10.8. The van der Waals surface area contributed by atoms with Gasteiger partial charge in [0.1, 0.15) is 11.8 Å². The van der Waals surface area contributed by atoms with E-state index in [1.807, 2.05) is 12.1 Å². The number of pyridine rings is 1. The summed E-state index contributed by atoms with van der Waals surface area (Å²) < 4.78 is 11.2. The lowest BCUT2D eigenvalue weighted by Crippen LogP contribution is -2.31. The molecule has 152 valence electrons. The van der Waals surface area contributed by atoms with Crippen LogP contribution in [0.4, 0.5) is 0 Å². The van der Waals surface area contributed by atoms with Crippen molar-refractivity contribution >= 4 is 0 Å². The molecule has 1 saturated carbocycles. The molecule has 0 N–H and O–H groups in total. The lowest BCUT2D eigenvalue weighted by molar-refractivity contribution is 0.129. The van der Waals surface area contributed by atoms with Crippen LogP contribution in [0.3, 0.4) is 0 Å². The van der Waals surface area contributed by atoms with Crippen molar-refractivity contribution in [3.8, 4) is 22.9 Å². The second-order valence-corrected chi connectivity index (χ2v) is 8.46. The number of nitrogens with zero attached hydrogens (tertiary/aromatic N) is 2. The average molecular weight is 391 g/mol. The summed E-state index contributed by atoms with van der Waals surface area (Å²) in [6.07, 6.45) is 9.93. The Morgan fingerprint density at radius 1 is 1.07 bits per heavy atom. The third kappa shape index (κ3) is 3.65. The third-order valence-corrected chi connectivity index (χ3v) is 6.68. The SMILES string of the molecule is COCC1(c2nc3c(c(-c4cccc(OC)c4)c2C#N)CCCCC3)CCCC1. The van der Waals surface area contributed by atoms with Crippen LogP contribution in [0.15, 0.2) is 24.3 Å². The summed E-state index contributed by atoms with van der Waals surface area (Å²) in [6, 6.07) is 10.7. The quantitative estimate of drug-likeness (QED) is 0.645. The van der Waals surface area contributed by atoms with Gasteiger partial charge >= 0.3 is 0 Å². The lowest BCUT2D eigenvalue weighted by atomic mass is 9.78. The molecule has 0 bridgehead atoms. The minimum absolute atomic E-state index is 0.144. The van der Waals surface area contributed by atoms with E-state index in [0.29, 0.717) is 6.61 Å². The predicted octanol–water partition coefficient (Wildman–Crippen LogP) is 5.36. The van der Waals surface area contributed by atoms with E-state index in [4.69, 9.17) is 14.5 Å². The number of aryl methyl sites for hydroxylation is 1. The van der Waals surface area contributed by atoms with Gasteiger partial charge in [-0.15, -0.1) is 0 Å². The van der Waals surface area contributed by atoms with Gasteiger partial charge in [-0.2, -0.15) is 5.26 Å². The molecule has 4 nitrogen and oxygen atoms in total. The maximum Gasteiger partial charge on any atom is 0.119 e. The number of methoxy groups -OCH3 is 2. The molecule has 1 fully saturated rings. The van der Waals surface area contributed by atoms with E-state index < -0.39 is 0 Å². The monoisotopic (exact) mass is 390 g/mol. The fourth-order valence-corrected chi connectivity index (χ4v) is 5.29. The van der Waals surface area contributed by atoms with E-state index in [1.165, 1.54) is 36.9 Å². The number of rotatable bonds is 5. The lowest BCUT2D eigenvalue weighted by Gasteiger charge is -2.31. The van der Waals surface area contributed by atoms with E-state index in [-0.39, 0.29) is 5.41 Å². The van der Waals surface area contributed by atoms with Crippen LogP contribution in [0.5, 0.6) is 5.75 Å². The fraction of sp³-hybridized carbons (Fsp3) is 0.520. The van der Waals surface area contributed by atoms with Crippen LogP contribution in [-0.2, 0) is 23.0 Å². The molecule has 2 aliphatic rings. The topological polar surface area (TPSA) is 55.1 Å². The summed E-state index contributed by atoms with van der Waals surface area (Å²) in [5, 5.41) is 10.3. The fourth-order valence-electron chi connectivity index (χ4n) is 5.29. The van der Waals surface area contributed by atoms with Crippen LogP contribution in [0.25, 0.3) is 11.1 Å². The highest BCUT2D eigenvalue weighted by Crippen LogP contribution is 2.45. The van der Waals surface area contributed by atoms with Gasteiger partial charge < -0.3 is 9.47 Å². The van der Waals surface area contributed by atoms with Gasteiger partial charge in [-0.05, 0) is 61.8 Å². The summed E-state index contributed by atoms with van der Waals surface area (Å²) in [4.78, 5) is 5.21.